The largest absolute Gasteiger partial charge is 0.469 e. The van der Waals surface area contributed by atoms with Crippen molar-refractivity contribution in [2.75, 3.05) is 40.4 Å². The van der Waals surface area contributed by atoms with Crippen molar-refractivity contribution in [1.29, 1.82) is 0 Å². The highest BCUT2D eigenvalue weighted by atomic mass is 16.5. The van der Waals surface area contributed by atoms with Gasteiger partial charge in [-0.25, -0.2) is 0 Å². The van der Waals surface area contributed by atoms with Crippen LogP contribution in [-0.4, -0.2) is 63.2 Å². The fourth-order valence-corrected chi connectivity index (χ4v) is 2.60. The van der Waals surface area contributed by atoms with Crippen LogP contribution in [0.3, 0.4) is 0 Å². The number of nitrogens with zero attached hydrogens (tertiary/aromatic N) is 2. The standard InChI is InChI=1S/C15H27N3O4/c1-5-22-13(19)7-6-8-17-15(16-3)18-9-11(2)12(10-18)14(20)21-4/h11-12H,5-10H2,1-4H3,(H,16,17). The molecule has 1 N–H and O–H groups in total. The average Bonchev–Trinajstić information content (AvgIpc) is 2.88. The summed E-state index contributed by atoms with van der Waals surface area (Å²) in [6, 6.07) is 0. The van der Waals surface area contributed by atoms with Crippen LogP contribution in [0.1, 0.15) is 26.7 Å². The molecule has 1 fully saturated rings. The lowest BCUT2D eigenvalue weighted by atomic mass is 9.99. The molecule has 0 radical (unpaired) electrons. The van der Waals surface area contributed by atoms with E-state index in [4.69, 9.17) is 9.47 Å². The highest BCUT2D eigenvalue weighted by Crippen LogP contribution is 2.23. The van der Waals surface area contributed by atoms with Crippen LogP contribution in [-0.2, 0) is 19.1 Å². The minimum Gasteiger partial charge on any atom is -0.469 e. The Morgan fingerprint density at radius 3 is 2.68 bits per heavy atom. The van der Waals surface area contributed by atoms with E-state index in [1.807, 2.05) is 6.92 Å². The number of nitrogens with one attached hydrogen (secondary N) is 1. The number of carbonyl (C=O) groups excluding carboxylic acids is 2. The zero-order chi connectivity index (χ0) is 16.5. The number of aliphatic imine (C=N–C) groups is 1. The fraction of sp³-hybridized carbons (Fsp3) is 0.800. The quantitative estimate of drug-likeness (QED) is 0.336. The molecule has 0 aliphatic carbocycles. The van der Waals surface area contributed by atoms with Gasteiger partial charge in [-0.3, -0.25) is 14.6 Å². The van der Waals surface area contributed by atoms with Gasteiger partial charge in [0, 0.05) is 33.1 Å². The maximum atomic E-state index is 11.7. The van der Waals surface area contributed by atoms with Crippen LogP contribution in [0, 0.1) is 11.8 Å². The van der Waals surface area contributed by atoms with Gasteiger partial charge in [-0.05, 0) is 19.3 Å². The van der Waals surface area contributed by atoms with Crippen LogP contribution in [0.15, 0.2) is 4.99 Å². The molecule has 7 heteroatoms. The predicted octanol–water partition coefficient (Wildman–Crippen LogP) is 0.646. The van der Waals surface area contributed by atoms with Gasteiger partial charge in [-0.1, -0.05) is 6.92 Å². The third kappa shape index (κ3) is 5.20. The van der Waals surface area contributed by atoms with Crippen LogP contribution in [0.5, 0.6) is 0 Å². The van der Waals surface area contributed by atoms with Gasteiger partial charge in [0.15, 0.2) is 5.96 Å². The van der Waals surface area contributed by atoms with Crippen LogP contribution in [0.2, 0.25) is 0 Å². The molecule has 0 saturated carbocycles. The van der Waals surface area contributed by atoms with E-state index < -0.39 is 0 Å². The minimum atomic E-state index is -0.181. The highest BCUT2D eigenvalue weighted by molar-refractivity contribution is 5.82. The van der Waals surface area contributed by atoms with Crippen molar-refractivity contribution in [3.05, 3.63) is 0 Å². The Morgan fingerprint density at radius 2 is 2.09 bits per heavy atom. The molecule has 7 nitrogen and oxygen atoms in total. The molecule has 2 unspecified atom stereocenters. The molecule has 2 atom stereocenters. The van der Waals surface area contributed by atoms with Crippen molar-refractivity contribution < 1.29 is 19.1 Å². The van der Waals surface area contributed by atoms with E-state index in [0.29, 0.717) is 32.5 Å². The molecule has 1 rings (SSSR count). The first-order chi connectivity index (χ1) is 10.5. The molecule has 0 bridgehead atoms. The van der Waals surface area contributed by atoms with Crippen LogP contribution in [0.25, 0.3) is 0 Å². The summed E-state index contributed by atoms with van der Waals surface area (Å²) in [4.78, 5) is 29.3. The predicted molar refractivity (Wildman–Crippen MR) is 83.5 cm³/mol. The number of methoxy groups -OCH3 is 1. The van der Waals surface area contributed by atoms with Crippen molar-refractivity contribution >= 4 is 17.9 Å². The third-order valence-corrected chi connectivity index (χ3v) is 3.77. The number of rotatable bonds is 6. The monoisotopic (exact) mass is 313 g/mol. The Morgan fingerprint density at radius 1 is 1.36 bits per heavy atom. The zero-order valence-electron chi connectivity index (χ0n) is 13.9. The Labute approximate surface area is 132 Å². The number of esters is 2. The maximum Gasteiger partial charge on any atom is 0.310 e. The first-order valence-electron chi connectivity index (χ1n) is 7.72. The van der Waals surface area contributed by atoms with Crippen molar-refractivity contribution in [1.82, 2.24) is 10.2 Å². The molecular formula is C15H27N3O4. The molecule has 0 amide bonds. The molecule has 0 aromatic rings. The molecule has 0 aromatic carbocycles. The van der Waals surface area contributed by atoms with E-state index in [2.05, 4.69) is 15.2 Å². The van der Waals surface area contributed by atoms with Gasteiger partial charge in [0.25, 0.3) is 0 Å². The molecular weight excluding hydrogens is 286 g/mol. The SMILES string of the molecule is CCOC(=O)CCCNC(=NC)N1CC(C)C(C(=O)OC)C1. The summed E-state index contributed by atoms with van der Waals surface area (Å²) in [5, 5.41) is 3.22. The second-order valence-corrected chi connectivity index (χ2v) is 5.39. The van der Waals surface area contributed by atoms with Crippen molar-refractivity contribution in [3.8, 4) is 0 Å². The maximum absolute atomic E-state index is 11.7. The number of hydrogen-bond acceptors (Lipinski definition) is 5. The topological polar surface area (TPSA) is 80.2 Å². The van der Waals surface area contributed by atoms with E-state index in [-0.39, 0.29) is 23.8 Å². The molecule has 1 aliphatic heterocycles. The Kier molecular flexibility index (Phi) is 7.70. The van der Waals surface area contributed by atoms with Gasteiger partial charge < -0.3 is 19.7 Å². The van der Waals surface area contributed by atoms with Gasteiger partial charge >= 0.3 is 11.9 Å². The fourth-order valence-electron chi connectivity index (χ4n) is 2.60. The second kappa shape index (κ2) is 9.27. The van der Waals surface area contributed by atoms with Gasteiger partial charge in [0.05, 0.1) is 19.6 Å². The summed E-state index contributed by atoms with van der Waals surface area (Å²) in [6.45, 7) is 6.25. The molecule has 126 valence electrons. The molecule has 0 spiro atoms. The van der Waals surface area contributed by atoms with Crippen molar-refractivity contribution in [3.63, 3.8) is 0 Å². The lowest BCUT2D eigenvalue weighted by Crippen LogP contribution is -2.41. The van der Waals surface area contributed by atoms with Crippen molar-refractivity contribution in [2.45, 2.75) is 26.7 Å². The Bertz CT molecular complexity index is 412. The van der Waals surface area contributed by atoms with Crippen LogP contribution < -0.4 is 5.32 Å². The smallest absolute Gasteiger partial charge is 0.310 e. The summed E-state index contributed by atoms with van der Waals surface area (Å²) in [5.74, 6) is 0.503. The minimum absolute atomic E-state index is 0.122. The van der Waals surface area contributed by atoms with Crippen LogP contribution >= 0.6 is 0 Å². The number of guanidine groups is 1. The average molecular weight is 313 g/mol. The molecule has 22 heavy (non-hydrogen) atoms. The number of carbonyl (C=O) groups is 2. The molecule has 0 aromatic heterocycles. The third-order valence-electron chi connectivity index (χ3n) is 3.77. The molecule has 1 aliphatic rings. The first kappa shape index (κ1) is 18.3. The van der Waals surface area contributed by atoms with Crippen LogP contribution in [0.4, 0.5) is 0 Å². The molecule has 1 saturated heterocycles. The highest BCUT2D eigenvalue weighted by Gasteiger charge is 2.36. The lowest BCUT2D eigenvalue weighted by molar-refractivity contribution is -0.146. The molecule has 1 heterocycles. The lowest BCUT2D eigenvalue weighted by Gasteiger charge is -2.21. The zero-order valence-corrected chi connectivity index (χ0v) is 13.9. The van der Waals surface area contributed by atoms with E-state index in [0.717, 1.165) is 12.5 Å². The summed E-state index contributed by atoms with van der Waals surface area (Å²) in [7, 11) is 3.13. The first-order valence-corrected chi connectivity index (χ1v) is 7.72. The summed E-state index contributed by atoms with van der Waals surface area (Å²) in [5.41, 5.74) is 0. The Balaban J connectivity index is 2.39. The summed E-state index contributed by atoms with van der Waals surface area (Å²) < 4.78 is 9.72. The van der Waals surface area contributed by atoms with E-state index in [9.17, 15) is 9.59 Å². The van der Waals surface area contributed by atoms with E-state index in [1.165, 1.54) is 7.11 Å². The van der Waals surface area contributed by atoms with Gasteiger partial charge in [0.1, 0.15) is 0 Å². The van der Waals surface area contributed by atoms with Gasteiger partial charge in [-0.15, -0.1) is 0 Å². The van der Waals surface area contributed by atoms with E-state index in [1.54, 1.807) is 14.0 Å². The summed E-state index contributed by atoms with van der Waals surface area (Å²) in [6.07, 6.45) is 1.07. The number of likely N-dealkylation sites (tertiary alicyclic amines) is 1. The normalized spacial score (nSPS) is 21.6. The van der Waals surface area contributed by atoms with E-state index >= 15 is 0 Å². The Hall–Kier alpha value is -1.79. The van der Waals surface area contributed by atoms with Gasteiger partial charge in [0.2, 0.25) is 0 Å². The second-order valence-electron chi connectivity index (χ2n) is 5.39. The number of hydrogen-bond donors (Lipinski definition) is 1. The number of ether oxygens (including phenoxy) is 2. The summed E-state index contributed by atoms with van der Waals surface area (Å²) >= 11 is 0. The van der Waals surface area contributed by atoms with Gasteiger partial charge in [-0.2, -0.15) is 0 Å². The van der Waals surface area contributed by atoms with Crippen molar-refractivity contribution in [2.24, 2.45) is 16.8 Å².